The van der Waals surface area contributed by atoms with Crippen LogP contribution >= 0.6 is 33.3 Å². The Kier molecular flexibility index (Phi) is 16.6. The van der Waals surface area contributed by atoms with Crippen LogP contribution in [0.4, 0.5) is 0 Å². The third kappa shape index (κ3) is 11.5. The van der Waals surface area contributed by atoms with Gasteiger partial charge in [-0.3, -0.25) is 14.4 Å². The van der Waals surface area contributed by atoms with Crippen LogP contribution < -0.4 is 16.5 Å². The van der Waals surface area contributed by atoms with E-state index in [1.54, 1.807) is 32.7 Å². The predicted molar refractivity (Wildman–Crippen MR) is 197 cm³/mol. The third-order valence-corrected chi connectivity index (χ3v) is 13.1. The molecule has 0 aromatic rings. The number of hydrogen-bond acceptors (Lipinski definition) is 13. The number of allylic oxidation sites excluding steroid dienone is 3. The molecule has 2 saturated heterocycles. The second kappa shape index (κ2) is 19.6. The van der Waals surface area contributed by atoms with Crippen molar-refractivity contribution in [2.45, 2.75) is 119 Å². The van der Waals surface area contributed by atoms with Crippen LogP contribution in [0.3, 0.4) is 0 Å². The summed E-state index contributed by atoms with van der Waals surface area (Å²) >= 11 is 1.78. The number of aliphatic hydroxyl groups excluding tert-OH is 1. The van der Waals surface area contributed by atoms with Crippen LogP contribution in [0, 0.1) is 30.1 Å². The number of thioether (sulfide) groups is 1. The number of ketones is 1. The van der Waals surface area contributed by atoms with Gasteiger partial charge in [0.2, 0.25) is 0 Å². The minimum Gasteiger partial charge on any atom is -0.480 e. The zero-order chi connectivity index (χ0) is 36.3. The molecule has 0 radical (unpaired) electrons. The molecule has 2 aliphatic heterocycles. The lowest BCUT2D eigenvalue weighted by atomic mass is 9.79. The summed E-state index contributed by atoms with van der Waals surface area (Å²) in [5.41, 5.74) is 10.7. The van der Waals surface area contributed by atoms with Crippen LogP contribution in [0.1, 0.15) is 60.3 Å². The van der Waals surface area contributed by atoms with Gasteiger partial charge in [-0.25, -0.2) is 0 Å². The number of aliphatic hydroxyl groups is 1. The van der Waals surface area contributed by atoms with Crippen molar-refractivity contribution in [2.75, 3.05) is 19.1 Å². The van der Waals surface area contributed by atoms with Crippen LogP contribution in [-0.4, -0.2) is 100 Å². The van der Waals surface area contributed by atoms with Crippen molar-refractivity contribution in [1.29, 1.82) is 0 Å². The van der Waals surface area contributed by atoms with Gasteiger partial charge < -0.3 is 35.5 Å². The Hall–Kier alpha value is -1.95. The fraction of sp³-hybridized carbons (Fsp3) is 0.657. The summed E-state index contributed by atoms with van der Waals surface area (Å²) in [6.07, 6.45) is 11.1. The first-order valence-electron chi connectivity index (χ1n) is 16.4. The Labute approximate surface area is 303 Å². The van der Waals surface area contributed by atoms with Gasteiger partial charge >= 0.3 is 5.97 Å². The molecule has 2 heterocycles. The highest BCUT2D eigenvalue weighted by Crippen LogP contribution is 2.40. The lowest BCUT2D eigenvalue weighted by Crippen LogP contribution is -2.56. The van der Waals surface area contributed by atoms with Gasteiger partial charge in [0.1, 0.15) is 12.1 Å². The number of carbonyl (C=O) groups excluding carboxylic acids is 1. The number of hydroxylamine groups is 1. The Morgan fingerprint density at radius 2 is 1.92 bits per heavy atom. The van der Waals surface area contributed by atoms with E-state index >= 15 is 0 Å². The highest BCUT2D eigenvalue weighted by atomic mass is 33.1. The maximum absolute atomic E-state index is 13.3. The quantitative estimate of drug-likeness (QED) is 0.0758. The number of nitrogens with one attached hydrogen (secondary N) is 2. The Balaban J connectivity index is 1.81. The highest BCUT2D eigenvalue weighted by Gasteiger charge is 2.41. The van der Waals surface area contributed by atoms with Gasteiger partial charge in [0.25, 0.3) is 0 Å². The van der Waals surface area contributed by atoms with Gasteiger partial charge in [-0.1, -0.05) is 52.3 Å². The molecule has 0 amide bonds. The minimum absolute atomic E-state index is 0.0522. The van der Waals surface area contributed by atoms with E-state index in [1.807, 2.05) is 26.8 Å². The lowest BCUT2D eigenvalue weighted by molar-refractivity contribution is -0.266. The first kappa shape index (κ1) is 41.5. The molecule has 11 nitrogen and oxygen atoms in total. The summed E-state index contributed by atoms with van der Waals surface area (Å²) in [6, 6.07) is -1.57. The van der Waals surface area contributed by atoms with Gasteiger partial charge in [-0.15, -0.1) is 6.42 Å². The highest BCUT2D eigenvalue weighted by molar-refractivity contribution is 8.77. The van der Waals surface area contributed by atoms with Gasteiger partial charge in [0, 0.05) is 47.6 Å². The Bertz CT molecular complexity index is 1340. The minimum atomic E-state index is -1.06. The Morgan fingerprint density at radius 1 is 1.20 bits per heavy atom. The summed E-state index contributed by atoms with van der Waals surface area (Å²) < 4.78 is 18.0. The molecule has 14 heteroatoms. The normalized spacial score (nSPS) is 31.6. The van der Waals surface area contributed by atoms with E-state index in [4.69, 9.17) is 31.2 Å². The van der Waals surface area contributed by atoms with Crippen molar-refractivity contribution in [1.82, 2.24) is 10.8 Å². The summed E-state index contributed by atoms with van der Waals surface area (Å²) in [5.74, 6) is 7.69. The molecule has 0 aromatic carbocycles. The number of hydrogen-bond donors (Lipinski definition) is 5. The largest absolute Gasteiger partial charge is 0.480 e. The van der Waals surface area contributed by atoms with E-state index in [1.165, 1.54) is 33.7 Å². The number of terminal acetylenes is 1. The number of rotatable bonds is 14. The first-order valence-corrected chi connectivity index (χ1v) is 20.0. The van der Waals surface area contributed by atoms with Crippen LogP contribution in [0.15, 0.2) is 35.1 Å². The lowest BCUT2D eigenvalue weighted by Gasteiger charge is -2.41. The maximum Gasteiger partial charge on any atom is 0.321 e. The van der Waals surface area contributed by atoms with Crippen LogP contribution in [-0.2, 0) is 28.6 Å². The van der Waals surface area contributed by atoms with E-state index in [0.717, 1.165) is 18.4 Å². The van der Waals surface area contributed by atoms with Gasteiger partial charge in [-0.05, 0) is 64.0 Å². The van der Waals surface area contributed by atoms with Crippen molar-refractivity contribution in [3.05, 3.63) is 35.1 Å². The first-order chi connectivity index (χ1) is 23.2. The average molecular weight is 738 g/mol. The van der Waals surface area contributed by atoms with Crippen molar-refractivity contribution in [3.8, 4) is 24.2 Å². The summed E-state index contributed by atoms with van der Waals surface area (Å²) in [5, 5.41) is 24.1. The molecule has 0 aromatic heterocycles. The third-order valence-electron chi connectivity index (χ3n) is 8.75. The van der Waals surface area contributed by atoms with Gasteiger partial charge in [0.15, 0.2) is 18.4 Å². The zero-order valence-corrected chi connectivity index (χ0v) is 31.7. The van der Waals surface area contributed by atoms with E-state index < -0.39 is 53.7 Å². The fourth-order valence-corrected chi connectivity index (χ4v) is 9.17. The average Bonchev–Trinajstić information content (AvgIpc) is 3.04. The SMILES string of the molecule is C#C/C=C\C#C[C@H](OC1CC(O)[C@H](NOC2CC[C@H](SC)C(C)O2)C(C)O1)C1=C(NC)C(=O)CC(C)/C1=C/CSSC(C)(C)[C@H](N)C(=O)O. The number of Topliss-reactive ketones (excluding diaryl/α,β-unsaturated/α-hetero) is 1. The number of nitrogens with two attached hydrogens (primary N) is 1. The van der Waals surface area contributed by atoms with Crippen molar-refractivity contribution in [2.24, 2.45) is 11.7 Å². The summed E-state index contributed by atoms with van der Waals surface area (Å²) in [4.78, 5) is 30.6. The number of carbonyl (C=O) groups is 2. The second-order valence-corrected chi connectivity index (χ2v) is 16.8. The molecule has 0 bridgehead atoms. The topological polar surface area (TPSA) is 162 Å². The fourth-order valence-electron chi connectivity index (χ4n) is 5.90. The molecule has 6 unspecified atom stereocenters. The summed E-state index contributed by atoms with van der Waals surface area (Å²) in [7, 11) is 4.55. The van der Waals surface area contributed by atoms with Crippen LogP contribution in [0.2, 0.25) is 0 Å². The standard InChI is InChI=1S/C35H51N3O8S3/c1-9-10-11-12-13-26(45-29-19-25(40)31(22(4)44-29)38-46-28-15-14-27(47-8)21(3)43-28)30-23(20(2)18-24(39)32(30)37-7)16-17-48-49-35(5,6)33(36)34(41)42/h1,10-11,16,20-22,25-29,31,33,37-38,40H,14-15,17-19,36H2,2-8H3,(H,41,42)/b11-10-,23-16-/t20?,21?,22?,25?,26-,27-,28?,29?,31+,33+/m0/s1. The molecule has 3 aliphatic rings. The number of likely N-dealkylation sites (N-methyl/N-ethyl adjacent to an activating group) is 1. The van der Waals surface area contributed by atoms with Crippen molar-refractivity contribution >= 4 is 45.1 Å². The number of carboxylic acids is 1. The zero-order valence-electron chi connectivity index (χ0n) is 29.3. The number of ether oxygens (including phenoxy) is 3. The molecule has 2 fully saturated rings. The molecule has 272 valence electrons. The van der Waals surface area contributed by atoms with Crippen LogP contribution in [0.25, 0.3) is 0 Å². The van der Waals surface area contributed by atoms with Gasteiger partial charge in [-0.2, -0.15) is 17.2 Å². The van der Waals surface area contributed by atoms with Gasteiger partial charge in [0.05, 0.1) is 30.1 Å². The molecule has 0 spiro atoms. The number of carboxylic acid groups (broad SMARTS) is 1. The second-order valence-electron chi connectivity index (χ2n) is 12.8. The monoisotopic (exact) mass is 737 g/mol. The Morgan fingerprint density at radius 3 is 2.53 bits per heavy atom. The van der Waals surface area contributed by atoms with Crippen molar-refractivity contribution in [3.63, 3.8) is 0 Å². The summed E-state index contributed by atoms with van der Waals surface area (Å²) in [6.45, 7) is 9.42. The molecule has 49 heavy (non-hydrogen) atoms. The molecule has 3 rings (SSSR count). The van der Waals surface area contributed by atoms with E-state index in [0.29, 0.717) is 28.7 Å². The van der Waals surface area contributed by atoms with E-state index in [-0.39, 0.29) is 24.2 Å². The maximum atomic E-state index is 13.3. The predicted octanol–water partition coefficient (Wildman–Crippen LogP) is 3.79. The van der Waals surface area contributed by atoms with Crippen LogP contribution in [0.5, 0.6) is 0 Å². The van der Waals surface area contributed by atoms with E-state index in [2.05, 4.69) is 34.8 Å². The molecule has 6 N–H and O–H groups in total. The molecular weight excluding hydrogens is 687 g/mol. The molecule has 1 aliphatic carbocycles. The molecular formula is C35H51N3O8S3. The van der Waals surface area contributed by atoms with Crippen molar-refractivity contribution < 1.29 is 38.9 Å². The van der Waals surface area contributed by atoms with E-state index in [9.17, 15) is 19.8 Å². The molecule has 0 saturated carbocycles. The number of aliphatic carboxylic acids is 1. The smallest absolute Gasteiger partial charge is 0.321 e. The molecule has 10 atom stereocenters.